The van der Waals surface area contributed by atoms with E-state index in [0.29, 0.717) is 29.5 Å². The Bertz CT molecular complexity index is 2240. The molecule has 0 radical (unpaired) electrons. The highest BCUT2D eigenvalue weighted by atomic mass is 35.5. The number of nitrogens with one attached hydrogen (secondary N) is 2. The zero-order valence-corrected chi connectivity index (χ0v) is 33.8. The Labute approximate surface area is 339 Å². The normalized spacial score (nSPS) is 12.8. The molecule has 0 saturated heterocycles. The van der Waals surface area contributed by atoms with Gasteiger partial charge in [-0.25, -0.2) is 0 Å². The maximum atomic E-state index is 12.9. The molecule has 1 aromatic heterocycles. The molecule has 0 unspecified atom stereocenters. The SMILES string of the molecule is CNc1cncc(COc2cc(OCc3cccc(-c4cccc(-c5ccc6c(c5)CC(=O)N6CCN(C)C)c4C)c3C)c(Cl)cc2CNC[C@@H](O)CC(=O)O)c1. The predicted molar refractivity (Wildman–Crippen MR) is 225 cm³/mol. The highest BCUT2D eigenvalue weighted by molar-refractivity contribution is 6.32. The van der Waals surface area contributed by atoms with Gasteiger partial charge in [0.25, 0.3) is 0 Å². The second kappa shape index (κ2) is 18.7. The monoisotopic (exact) mass is 791 g/mol. The zero-order valence-electron chi connectivity index (χ0n) is 33.1. The molecule has 1 aliphatic rings. The van der Waals surface area contributed by atoms with Crippen LogP contribution in [0.1, 0.15) is 39.8 Å². The van der Waals surface area contributed by atoms with E-state index < -0.39 is 12.1 Å². The van der Waals surface area contributed by atoms with Gasteiger partial charge in [0.1, 0.15) is 24.7 Å². The highest BCUT2D eigenvalue weighted by Gasteiger charge is 2.27. The number of carbonyl (C=O) groups is 2. The summed E-state index contributed by atoms with van der Waals surface area (Å²) >= 11 is 6.80. The first-order chi connectivity index (χ1) is 27.4. The molecule has 6 rings (SSSR count). The van der Waals surface area contributed by atoms with Crippen LogP contribution in [0.5, 0.6) is 11.5 Å². The van der Waals surface area contributed by atoms with E-state index in [1.807, 2.05) is 44.2 Å². The predicted octanol–water partition coefficient (Wildman–Crippen LogP) is 7.26. The number of fused-ring (bicyclic) bond motifs is 1. The average molecular weight is 792 g/mol. The Morgan fingerprint density at radius 1 is 0.930 bits per heavy atom. The Morgan fingerprint density at radius 2 is 1.67 bits per heavy atom. The Balaban J connectivity index is 1.21. The van der Waals surface area contributed by atoms with Crippen molar-refractivity contribution in [3.63, 3.8) is 0 Å². The van der Waals surface area contributed by atoms with Crippen molar-refractivity contribution in [2.75, 3.05) is 51.0 Å². The highest BCUT2D eigenvalue weighted by Crippen LogP contribution is 2.39. The minimum atomic E-state index is -1.07. The topological polar surface area (TPSA) is 136 Å². The number of hydrogen-bond donors (Lipinski definition) is 4. The van der Waals surface area contributed by atoms with Gasteiger partial charge in [-0.3, -0.25) is 14.6 Å². The second-order valence-electron chi connectivity index (χ2n) is 14.6. The largest absolute Gasteiger partial charge is 0.488 e. The molecule has 4 N–H and O–H groups in total. The number of anilines is 2. The van der Waals surface area contributed by atoms with E-state index in [1.165, 1.54) is 0 Å². The lowest BCUT2D eigenvalue weighted by molar-refractivity contribution is -0.139. The van der Waals surface area contributed by atoms with Crippen LogP contribution in [-0.2, 0) is 35.8 Å². The number of likely N-dealkylation sites (N-methyl/N-ethyl adjacent to an activating group) is 1. The molecule has 5 aromatic rings. The molecule has 1 aliphatic heterocycles. The van der Waals surface area contributed by atoms with Crippen LogP contribution in [0.25, 0.3) is 22.3 Å². The molecule has 0 bridgehead atoms. The van der Waals surface area contributed by atoms with Gasteiger partial charge in [-0.2, -0.15) is 0 Å². The summed E-state index contributed by atoms with van der Waals surface area (Å²) in [6.07, 6.45) is 2.47. The Kier molecular flexibility index (Phi) is 13.5. The van der Waals surface area contributed by atoms with E-state index in [0.717, 1.165) is 73.6 Å². The third kappa shape index (κ3) is 10.1. The summed E-state index contributed by atoms with van der Waals surface area (Å²) in [6, 6.07) is 24.4. The van der Waals surface area contributed by atoms with Crippen molar-refractivity contribution in [1.82, 2.24) is 15.2 Å². The maximum Gasteiger partial charge on any atom is 0.306 e. The fourth-order valence-corrected chi connectivity index (χ4v) is 7.33. The quantitative estimate of drug-likeness (QED) is 0.0718. The first-order valence-electron chi connectivity index (χ1n) is 19.0. The minimum Gasteiger partial charge on any atom is -0.488 e. The summed E-state index contributed by atoms with van der Waals surface area (Å²) in [5.41, 5.74) is 12.1. The van der Waals surface area contributed by atoms with Crippen molar-refractivity contribution in [3.05, 3.63) is 124 Å². The van der Waals surface area contributed by atoms with Crippen molar-refractivity contribution in [2.24, 2.45) is 0 Å². The van der Waals surface area contributed by atoms with Crippen LogP contribution in [0.3, 0.4) is 0 Å². The van der Waals surface area contributed by atoms with Gasteiger partial charge < -0.3 is 40.1 Å². The number of halogens is 1. The van der Waals surface area contributed by atoms with Crippen molar-refractivity contribution in [3.8, 4) is 33.8 Å². The molecule has 11 nitrogen and oxygen atoms in total. The number of carboxylic acid groups (broad SMARTS) is 1. The van der Waals surface area contributed by atoms with Crippen LogP contribution in [0.2, 0.25) is 5.02 Å². The molecule has 12 heteroatoms. The average Bonchev–Trinajstić information content (AvgIpc) is 3.50. The van der Waals surface area contributed by atoms with Gasteiger partial charge in [-0.1, -0.05) is 54.1 Å². The zero-order chi connectivity index (χ0) is 40.6. The van der Waals surface area contributed by atoms with Gasteiger partial charge >= 0.3 is 5.97 Å². The molecule has 57 heavy (non-hydrogen) atoms. The number of carbonyl (C=O) groups excluding carboxylic acids is 1. The molecule has 298 valence electrons. The molecule has 0 saturated carbocycles. The number of nitrogens with zero attached hydrogens (tertiary/aromatic N) is 3. The van der Waals surface area contributed by atoms with Crippen LogP contribution >= 0.6 is 11.6 Å². The van der Waals surface area contributed by atoms with Gasteiger partial charge in [0.2, 0.25) is 5.91 Å². The summed E-state index contributed by atoms with van der Waals surface area (Å²) in [4.78, 5) is 32.2. The van der Waals surface area contributed by atoms with Crippen molar-refractivity contribution >= 4 is 34.9 Å². The molecule has 0 aliphatic carbocycles. The van der Waals surface area contributed by atoms with Crippen LogP contribution in [-0.4, -0.2) is 78.9 Å². The number of aromatic nitrogens is 1. The number of ether oxygens (including phenoxy) is 2. The third-order valence-corrected chi connectivity index (χ3v) is 10.5. The number of aliphatic carboxylic acids is 1. The lowest BCUT2D eigenvalue weighted by atomic mass is 9.89. The third-order valence-electron chi connectivity index (χ3n) is 10.2. The van der Waals surface area contributed by atoms with E-state index >= 15 is 0 Å². The van der Waals surface area contributed by atoms with E-state index in [2.05, 4.69) is 76.8 Å². The van der Waals surface area contributed by atoms with Crippen LogP contribution in [0.15, 0.2) is 85.2 Å². The molecule has 0 fully saturated rings. The van der Waals surface area contributed by atoms with E-state index in [9.17, 15) is 14.7 Å². The first-order valence-corrected chi connectivity index (χ1v) is 19.4. The van der Waals surface area contributed by atoms with Crippen molar-refractivity contribution < 1.29 is 29.3 Å². The minimum absolute atomic E-state index is 0.0815. The molecular formula is C45H50ClN5O6. The van der Waals surface area contributed by atoms with Gasteiger partial charge in [0, 0.05) is 68.5 Å². The fraction of sp³-hybridized carbons (Fsp3) is 0.311. The van der Waals surface area contributed by atoms with Gasteiger partial charge in [-0.15, -0.1) is 0 Å². The maximum absolute atomic E-state index is 12.9. The van der Waals surface area contributed by atoms with Crippen LogP contribution in [0, 0.1) is 13.8 Å². The molecule has 2 heterocycles. The van der Waals surface area contributed by atoms with E-state index in [-0.39, 0.29) is 38.6 Å². The van der Waals surface area contributed by atoms with Gasteiger partial charge in [0.05, 0.1) is 29.7 Å². The molecule has 4 aromatic carbocycles. The Hall–Kier alpha value is -5.46. The van der Waals surface area contributed by atoms with Gasteiger partial charge in [0.15, 0.2) is 0 Å². The van der Waals surface area contributed by atoms with Crippen molar-refractivity contribution in [2.45, 2.75) is 52.6 Å². The number of hydrogen-bond acceptors (Lipinski definition) is 9. The van der Waals surface area contributed by atoms with E-state index in [4.69, 9.17) is 26.2 Å². The first kappa shape index (κ1) is 41.2. The molecule has 1 amide bonds. The summed E-state index contributed by atoms with van der Waals surface area (Å²) in [6.45, 7) is 6.57. The second-order valence-corrected chi connectivity index (χ2v) is 15.0. The smallest absolute Gasteiger partial charge is 0.306 e. The number of pyridine rings is 1. The van der Waals surface area contributed by atoms with Crippen LogP contribution < -0.4 is 25.0 Å². The molecular weight excluding hydrogens is 742 g/mol. The Morgan fingerprint density at radius 3 is 2.42 bits per heavy atom. The number of carboxylic acids is 1. The molecule has 0 spiro atoms. The van der Waals surface area contributed by atoms with Crippen LogP contribution in [0.4, 0.5) is 11.4 Å². The summed E-state index contributed by atoms with van der Waals surface area (Å²) < 4.78 is 12.7. The number of rotatable bonds is 18. The van der Waals surface area contributed by atoms with E-state index in [1.54, 1.807) is 24.5 Å². The number of amides is 1. The lowest BCUT2D eigenvalue weighted by Gasteiger charge is -2.20. The fourth-order valence-electron chi connectivity index (χ4n) is 7.09. The summed E-state index contributed by atoms with van der Waals surface area (Å²) in [7, 11) is 5.85. The summed E-state index contributed by atoms with van der Waals surface area (Å²) in [5, 5.41) is 25.7. The number of aliphatic hydroxyl groups is 1. The van der Waals surface area contributed by atoms with Crippen molar-refractivity contribution in [1.29, 1.82) is 0 Å². The summed E-state index contributed by atoms with van der Waals surface area (Å²) in [5.74, 6) is 0.0411. The lowest BCUT2D eigenvalue weighted by Crippen LogP contribution is -2.33. The number of benzene rings is 4. The standard InChI is InChI=1S/C45H50ClN5O6/c1-28-32(8-6-10-38(28)39-11-7-9-37(29(39)2)31-12-13-41-33(17-31)19-44(53)51(41)15-14-50(4)5)27-57-43-21-42(56-26-30-16-35(47-3)24-48-22-30)34(18-40(43)46)23-49-25-36(52)20-45(54)55/h6-13,16-18,21-22,24,36,47,49,52H,14-15,19-20,23,25-27H2,1-5H3,(H,54,55)/t36-/m0/s1. The molecule has 1 atom stereocenters. The van der Waals surface area contributed by atoms with Gasteiger partial charge in [-0.05, 0) is 96.7 Å². The number of aliphatic hydroxyl groups excluding tert-OH is 1.